The van der Waals surface area contributed by atoms with Crippen molar-refractivity contribution in [3.05, 3.63) is 29.3 Å². The van der Waals surface area contributed by atoms with Gasteiger partial charge in [-0.15, -0.1) is 0 Å². The van der Waals surface area contributed by atoms with Crippen LogP contribution in [0.5, 0.6) is 5.75 Å². The molecule has 1 saturated carbocycles. The van der Waals surface area contributed by atoms with Crippen molar-refractivity contribution in [3.8, 4) is 5.75 Å². The average Bonchev–Trinajstić information content (AvgIpc) is 2.71. The summed E-state index contributed by atoms with van der Waals surface area (Å²) in [6.45, 7) is 6.53. The van der Waals surface area contributed by atoms with Gasteiger partial charge in [0.2, 0.25) is 0 Å². The van der Waals surface area contributed by atoms with Crippen LogP contribution in [-0.4, -0.2) is 10.7 Å². The summed E-state index contributed by atoms with van der Waals surface area (Å²) in [5.74, 6) is 2.07. The van der Waals surface area contributed by atoms with Gasteiger partial charge in [0.25, 0.3) is 0 Å². The second-order valence-electron chi connectivity index (χ2n) is 7.35. The molecule has 1 fully saturated rings. The van der Waals surface area contributed by atoms with Crippen LogP contribution in [0.3, 0.4) is 0 Å². The van der Waals surface area contributed by atoms with E-state index in [4.69, 9.17) is 4.74 Å². The second kappa shape index (κ2) is 5.07. The molecule has 3 rings (SSSR count). The number of rotatable bonds is 2. The molecular weight excluding hydrogens is 248 g/mol. The van der Waals surface area contributed by atoms with Crippen molar-refractivity contribution in [1.29, 1.82) is 0 Å². The fourth-order valence-corrected chi connectivity index (χ4v) is 3.89. The molecule has 1 aliphatic heterocycles. The van der Waals surface area contributed by atoms with E-state index < -0.39 is 0 Å². The van der Waals surface area contributed by atoms with Gasteiger partial charge < -0.3 is 9.84 Å². The Kier molecular flexibility index (Phi) is 3.53. The van der Waals surface area contributed by atoms with Gasteiger partial charge in [-0.05, 0) is 44.1 Å². The van der Waals surface area contributed by atoms with Gasteiger partial charge in [-0.3, -0.25) is 0 Å². The van der Waals surface area contributed by atoms with Crippen molar-refractivity contribution >= 4 is 0 Å². The van der Waals surface area contributed by atoms with Gasteiger partial charge in [0, 0.05) is 12.0 Å². The van der Waals surface area contributed by atoms with Gasteiger partial charge in [-0.1, -0.05) is 38.0 Å². The van der Waals surface area contributed by atoms with Gasteiger partial charge in [0.15, 0.2) is 0 Å². The van der Waals surface area contributed by atoms with E-state index in [1.807, 2.05) is 6.07 Å². The van der Waals surface area contributed by atoms with E-state index in [0.717, 1.165) is 36.5 Å². The van der Waals surface area contributed by atoms with Crippen LogP contribution in [0.2, 0.25) is 0 Å². The second-order valence-corrected chi connectivity index (χ2v) is 7.35. The van der Waals surface area contributed by atoms with Crippen molar-refractivity contribution in [1.82, 2.24) is 0 Å². The number of fused-ring (bicyclic) bond motifs is 1. The van der Waals surface area contributed by atoms with Crippen LogP contribution in [0.15, 0.2) is 18.2 Å². The van der Waals surface area contributed by atoms with E-state index in [1.54, 1.807) is 0 Å². The van der Waals surface area contributed by atoms with E-state index in [2.05, 4.69) is 32.9 Å². The summed E-state index contributed by atoms with van der Waals surface area (Å²) in [6.07, 6.45) is 5.38. The fourth-order valence-electron chi connectivity index (χ4n) is 3.89. The molecule has 1 N–H and O–H groups in total. The normalized spacial score (nSPS) is 29.6. The highest BCUT2D eigenvalue weighted by molar-refractivity contribution is 5.47. The smallest absolute Gasteiger partial charge is 0.129 e. The van der Waals surface area contributed by atoms with Gasteiger partial charge in [-0.2, -0.15) is 0 Å². The molecule has 0 spiro atoms. The Bertz CT molecular complexity index is 492. The molecule has 0 saturated heterocycles. The summed E-state index contributed by atoms with van der Waals surface area (Å²) < 4.78 is 6.10. The third kappa shape index (κ3) is 2.58. The zero-order chi connectivity index (χ0) is 14.3. The summed E-state index contributed by atoms with van der Waals surface area (Å²) in [4.78, 5) is 0. The molecule has 0 amide bonds. The molecule has 0 aromatic heterocycles. The first-order chi connectivity index (χ1) is 9.46. The number of aliphatic hydroxyl groups excluding tert-OH is 1. The maximum Gasteiger partial charge on any atom is 0.129 e. The molecule has 1 aliphatic carbocycles. The standard InChI is InChI=1S/C18H26O2/c1-12-6-4-7-13(10-12)16(19)15-9-5-8-14-11-18(2,3)20-17(14)15/h5,8-9,12-13,16,19H,4,6-7,10-11H2,1-3H3. The Balaban J connectivity index is 1.86. The molecule has 20 heavy (non-hydrogen) atoms. The first kappa shape index (κ1) is 13.9. The molecule has 1 aromatic carbocycles. The zero-order valence-corrected chi connectivity index (χ0v) is 12.9. The highest BCUT2D eigenvalue weighted by Gasteiger charge is 2.35. The summed E-state index contributed by atoms with van der Waals surface area (Å²) in [5, 5.41) is 10.8. The minimum atomic E-state index is -0.374. The Labute approximate surface area is 122 Å². The zero-order valence-electron chi connectivity index (χ0n) is 12.9. The van der Waals surface area contributed by atoms with Gasteiger partial charge in [0.1, 0.15) is 11.4 Å². The average molecular weight is 274 g/mol. The minimum Gasteiger partial charge on any atom is -0.487 e. The van der Waals surface area contributed by atoms with Crippen LogP contribution in [0.25, 0.3) is 0 Å². The lowest BCUT2D eigenvalue weighted by molar-refractivity contribution is 0.0647. The van der Waals surface area contributed by atoms with Crippen molar-refractivity contribution in [3.63, 3.8) is 0 Å². The Hall–Kier alpha value is -1.02. The summed E-state index contributed by atoms with van der Waals surface area (Å²) >= 11 is 0. The molecule has 3 unspecified atom stereocenters. The minimum absolute atomic E-state index is 0.141. The van der Waals surface area contributed by atoms with Crippen molar-refractivity contribution in [2.24, 2.45) is 11.8 Å². The first-order valence-electron chi connectivity index (χ1n) is 7.95. The number of benzene rings is 1. The van der Waals surface area contributed by atoms with E-state index >= 15 is 0 Å². The highest BCUT2D eigenvalue weighted by Crippen LogP contribution is 2.44. The quantitative estimate of drug-likeness (QED) is 0.873. The van der Waals surface area contributed by atoms with Crippen molar-refractivity contribution in [2.45, 2.75) is 64.6 Å². The van der Waals surface area contributed by atoms with Crippen LogP contribution in [-0.2, 0) is 6.42 Å². The fraction of sp³-hybridized carbons (Fsp3) is 0.667. The lowest BCUT2D eigenvalue weighted by atomic mass is 9.77. The number of hydrogen-bond donors (Lipinski definition) is 1. The predicted octanol–water partition coefficient (Wildman–Crippen LogP) is 4.26. The van der Waals surface area contributed by atoms with E-state index in [1.165, 1.54) is 18.4 Å². The largest absolute Gasteiger partial charge is 0.487 e. The third-order valence-corrected chi connectivity index (χ3v) is 4.86. The monoisotopic (exact) mass is 274 g/mol. The molecule has 110 valence electrons. The maximum absolute atomic E-state index is 10.8. The Morgan fingerprint density at radius 2 is 2.10 bits per heavy atom. The van der Waals surface area contributed by atoms with Crippen LogP contribution in [0.4, 0.5) is 0 Å². The SMILES string of the molecule is CC1CCCC(C(O)c2cccc3c2OC(C)(C)C3)C1. The van der Waals surface area contributed by atoms with E-state index in [0.29, 0.717) is 5.92 Å². The van der Waals surface area contributed by atoms with Crippen LogP contribution < -0.4 is 4.74 Å². The summed E-state index contributed by atoms with van der Waals surface area (Å²) in [5.41, 5.74) is 2.11. The molecule has 1 heterocycles. The van der Waals surface area contributed by atoms with Gasteiger partial charge in [0.05, 0.1) is 6.10 Å². The molecule has 2 nitrogen and oxygen atoms in total. The Morgan fingerprint density at radius 1 is 1.30 bits per heavy atom. The maximum atomic E-state index is 10.8. The number of hydrogen-bond acceptors (Lipinski definition) is 2. The summed E-state index contributed by atoms with van der Waals surface area (Å²) in [6, 6.07) is 6.24. The van der Waals surface area contributed by atoms with Crippen LogP contribution in [0.1, 0.15) is 63.7 Å². The van der Waals surface area contributed by atoms with Crippen LogP contribution >= 0.6 is 0 Å². The molecule has 2 heteroatoms. The lowest BCUT2D eigenvalue weighted by Gasteiger charge is -2.31. The van der Waals surface area contributed by atoms with Crippen molar-refractivity contribution in [2.75, 3.05) is 0 Å². The predicted molar refractivity (Wildman–Crippen MR) is 80.9 cm³/mol. The molecule has 0 radical (unpaired) electrons. The highest BCUT2D eigenvalue weighted by atomic mass is 16.5. The molecule has 0 bridgehead atoms. The third-order valence-electron chi connectivity index (χ3n) is 4.86. The molecular formula is C18H26O2. The van der Waals surface area contributed by atoms with E-state index in [9.17, 15) is 5.11 Å². The van der Waals surface area contributed by atoms with Gasteiger partial charge >= 0.3 is 0 Å². The Morgan fingerprint density at radius 3 is 2.85 bits per heavy atom. The number of aliphatic hydroxyl groups is 1. The number of para-hydroxylation sites is 1. The molecule has 1 aromatic rings. The van der Waals surface area contributed by atoms with Gasteiger partial charge in [-0.25, -0.2) is 0 Å². The summed E-state index contributed by atoms with van der Waals surface area (Å²) in [7, 11) is 0. The first-order valence-corrected chi connectivity index (χ1v) is 7.95. The van der Waals surface area contributed by atoms with Crippen LogP contribution in [0, 0.1) is 11.8 Å². The number of ether oxygens (including phenoxy) is 1. The van der Waals surface area contributed by atoms with Crippen molar-refractivity contribution < 1.29 is 9.84 Å². The molecule has 2 aliphatic rings. The topological polar surface area (TPSA) is 29.5 Å². The lowest BCUT2D eigenvalue weighted by Crippen LogP contribution is -2.25. The van der Waals surface area contributed by atoms with E-state index in [-0.39, 0.29) is 11.7 Å². The molecule has 3 atom stereocenters.